The predicted octanol–water partition coefficient (Wildman–Crippen LogP) is 3.36. The molecule has 26 heavy (non-hydrogen) atoms. The van der Waals surface area contributed by atoms with Gasteiger partial charge in [-0.05, 0) is 49.6 Å². The van der Waals surface area contributed by atoms with E-state index in [-0.39, 0.29) is 17.7 Å². The van der Waals surface area contributed by atoms with Gasteiger partial charge in [0.05, 0.1) is 5.71 Å². The SMILES string of the molecule is C/C(=N\NC(=O)c1ccncc1)c1cccc(NC(=O)C2CCCC2)c1. The van der Waals surface area contributed by atoms with Crippen LogP contribution in [-0.4, -0.2) is 22.5 Å². The van der Waals surface area contributed by atoms with Crippen molar-refractivity contribution in [1.82, 2.24) is 10.4 Å². The first-order valence-corrected chi connectivity index (χ1v) is 8.79. The maximum absolute atomic E-state index is 12.3. The Morgan fingerprint density at radius 3 is 2.54 bits per heavy atom. The molecule has 1 fully saturated rings. The van der Waals surface area contributed by atoms with Crippen LogP contribution in [0.5, 0.6) is 0 Å². The number of rotatable bonds is 5. The van der Waals surface area contributed by atoms with Crippen molar-refractivity contribution in [2.75, 3.05) is 5.32 Å². The number of aromatic nitrogens is 1. The number of carbonyl (C=O) groups excluding carboxylic acids is 2. The number of amides is 2. The highest BCUT2D eigenvalue weighted by Gasteiger charge is 2.22. The fraction of sp³-hybridized carbons (Fsp3) is 0.300. The number of anilines is 1. The number of hydrazone groups is 1. The van der Waals surface area contributed by atoms with E-state index in [4.69, 9.17) is 0 Å². The maximum Gasteiger partial charge on any atom is 0.271 e. The molecule has 2 N–H and O–H groups in total. The van der Waals surface area contributed by atoms with Gasteiger partial charge in [-0.1, -0.05) is 25.0 Å². The minimum Gasteiger partial charge on any atom is -0.326 e. The maximum atomic E-state index is 12.3. The van der Waals surface area contributed by atoms with E-state index in [0.29, 0.717) is 11.3 Å². The monoisotopic (exact) mass is 350 g/mol. The minimum absolute atomic E-state index is 0.0835. The predicted molar refractivity (Wildman–Crippen MR) is 101 cm³/mol. The van der Waals surface area contributed by atoms with Crippen LogP contribution < -0.4 is 10.7 Å². The number of hydrogen-bond donors (Lipinski definition) is 2. The minimum atomic E-state index is -0.294. The number of nitrogens with zero attached hydrogens (tertiary/aromatic N) is 2. The molecule has 0 bridgehead atoms. The highest BCUT2D eigenvalue weighted by Crippen LogP contribution is 2.26. The van der Waals surface area contributed by atoms with E-state index >= 15 is 0 Å². The van der Waals surface area contributed by atoms with Gasteiger partial charge in [-0.2, -0.15) is 5.10 Å². The molecule has 1 aliphatic rings. The number of hydrogen-bond acceptors (Lipinski definition) is 4. The van der Waals surface area contributed by atoms with Gasteiger partial charge in [0.15, 0.2) is 0 Å². The van der Waals surface area contributed by atoms with Crippen molar-refractivity contribution in [1.29, 1.82) is 0 Å². The van der Waals surface area contributed by atoms with E-state index in [1.807, 2.05) is 31.2 Å². The Kier molecular flexibility index (Phi) is 5.73. The van der Waals surface area contributed by atoms with Crippen LogP contribution >= 0.6 is 0 Å². The lowest BCUT2D eigenvalue weighted by Crippen LogP contribution is -2.21. The second kappa shape index (κ2) is 8.38. The van der Waals surface area contributed by atoms with Gasteiger partial charge in [0, 0.05) is 29.6 Å². The molecule has 1 saturated carbocycles. The Labute approximate surface area is 152 Å². The first kappa shape index (κ1) is 17.8. The molecule has 0 aliphatic heterocycles. The molecule has 1 heterocycles. The average Bonchev–Trinajstić information content (AvgIpc) is 3.22. The normalized spacial score (nSPS) is 14.9. The molecule has 2 aromatic rings. The van der Waals surface area contributed by atoms with Gasteiger partial charge >= 0.3 is 0 Å². The second-order valence-corrected chi connectivity index (χ2v) is 6.43. The van der Waals surface area contributed by atoms with Crippen LogP contribution in [0.1, 0.15) is 48.5 Å². The lowest BCUT2D eigenvalue weighted by Gasteiger charge is -2.11. The molecule has 0 unspecified atom stereocenters. The summed E-state index contributed by atoms with van der Waals surface area (Å²) in [6.45, 7) is 1.81. The fourth-order valence-electron chi connectivity index (χ4n) is 3.02. The Morgan fingerprint density at radius 2 is 1.81 bits per heavy atom. The fourth-order valence-corrected chi connectivity index (χ4v) is 3.02. The van der Waals surface area contributed by atoms with E-state index in [1.54, 1.807) is 24.5 Å². The number of benzene rings is 1. The largest absolute Gasteiger partial charge is 0.326 e. The zero-order chi connectivity index (χ0) is 18.4. The lowest BCUT2D eigenvalue weighted by molar-refractivity contribution is -0.119. The third-order valence-corrected chi connectivity index (χ3v) is 4.54. The molecule has 134 valence electrons. The first-order valence-electron chi connectivity index (χ1n) is 8.79. The molecule has 0 radical (unpaired) electrons. The molecular weight excluding hydrogens is 328 g/mol. The summed E-state index contributed by atoms with van der Waals surface area (Å²) in [6.07, 6.45) is 7.30. The summed E-state index contributed by atoms with van der Waals surface area (Å²) in [5.41, 5.74) is 5.27. The summed E-state index contributed by atoms with van der Waals surface area (Å²) in [4.78, 5) is 28.2. The van der Waals surface area contributed by atoms with Crippen molar-refractivity contribution in [2.45, 2.75) is 32.6 Å². The number of pyridine rings is 1. The standard InChI is InChI=1S/C20H22N4O2/c1-14(23-24-20(26)16-9-11-21-12-10-16)17-7-4-8-18(13-17)22-19(25)15-5-2-3-6-15/h4,7-13,15H,2-3,5-6H2,1H3,(H,22,25)(H,24,26)/b23-14+. The molecule has 1 aromatic heterocycles. The van der Waals surface area contributed by atoms with Crippen LogP contribution in [0.3, 0.4) is 0 Å². The summed E-state index contributed by atoms with van der Waals surface area (Å²) in [6, 6.07) is 10.7. The number of carbonyl (C=O) groups is 2. The van der Waals surface area contributed by atoms with Crippen molar-refractivity contribution in [2.24, 2.45) is 11.0 Å². The molecule has 0 spiro atoms. The van der Waals surface area contributed by atoms with Crippen molar-refractivity contribution in [3.8, 4) is 0 Å². The van der Waals surface area contributed by atoms with Crippen LogP contribution in [0.15, 0.2) is 53.9 Å². The summed E-state index contributed by atoms with van der Waals surface area (Å²) in [5, 5.41) is 7.13. The van der Waals surface area contributed by atoms with Crippen molar-refractivity contribution in [3.05, 3.63) is 59.9 Å². The van der Waals surface area contributed by atoms with Gasteiger partial charge in [0.1, 0.15) is 0 Å². The third kappa shape index (κ3) is 4.53. The van der Waals surface area contributed by atoms with Crippen LogP contribution in [0.4, 0.5) is 5.69 Å². The highest BCUT2D eigenvalue weighted by molar-refractivity contribution is 6.02. The summed E-state index contributed by atoms with van der Waals surface area (Å²) in [5.74, 6) is -0.0919. The van der Waals surface area contributed by atoms with Gasteiger partial charge in [0.2, 0.25) is 5.91 Å². The van der Waals surface area contributed by atoms with Crippen molar-refractivity contribution >= 4 is 23.2 Å². The van der Waals surface area contributed by atoms with Crippen LogP contribution in [-0.2, 0) is 4.79 Å². The number of nitrogens with one attached hydrogen (secondary N) is 2. The van der Waals surface area contributed by atoms with Gasteiger partial charge in [-0.25, -0.2) is 5.43 Å². The van der Waals surface area contributed by atoms with Crippen LogP contribution in [0.2, 0.25) is 0 Å². The van der Waals surface area contributed by atoms with Crippen molar-refractivity contribution < 1.29 is 9.59 Å². The molecule has 6 heteroatoms. The van der Waals surface area contributed by atoms with Gasteiger partial charge in [0.25, 0.3) is 5.91 Å². The highest BCUT2D eigenvalue weighted by atomic mass is 16.2. The Balaban J connectivity index is 1.64. The molecule has 2 amide bonds. The molecule has 1 aliphatic carbocycles. The van der Waals surface area contributed by atoms with E-state index in [0.717, 1.165) is 36.9 Å². The molecular formula is C20H22N4O2. The first-order chi connectivity index (χ1) is 12.6. The van der Waals surface area contributed by atoms with E-state index < -0.39 is 0 Å². The van der Waals surface area contributed by atoms with Crippen LogP contribution in [0, 0.1) is 5.92 Å². The van der Waals surface area contributed by atoms with E-state index in [1.165, 1.54) is 0 Å². The molecule has 1 aromatic carbocycles. The zero-order valence-corrected chi connectivity index (χ0v) is 14.7. The molecule has 3 rings (SSSR count). The Bertz CT molecular complexity index is 812. The summed E-state index contributed by atoms with van der Waals surface area (Å²) >= 11 is 0. The molecule has 0 saturated heterocycles. The van der Waals surface area contributed by atoms with Gasteiger partial charge < -0.3 is 5.32 Å². The third-order valence-electron chi connectivity index (χ3n) is 4.54. The van der Waals surface area contributed by atoms with Crippen molar-refractivity contribution in [3.63, 3.8) is 0 Å². The van der Waals surface area contributed by atoms with Crippen LogP contribution in [0.25, 0.3) is 0 Å². The van der Waals surface area contributed by atoms with E-state index in [9.17, 15) is 9.59 Å². The Hall–Kier alpha value is -3.02. The molecule has 0 atom stereocenters. The summed E-state index contributed by atoms with van der Waals surface area (Å²) < 4.78 is 0. The average molecular weight is 350 g/mol. The van der Waals surface area contributed by atoms with Gasteiger partial charge in [-0.15, -0.1) is 0 Å². The quantitative estimate of drug-likeness (QED) is 0.640. The summed E-state index contributed by atoms with van der Waals surface area (Å²) in [7, 11) is 0. The van der Waals surface area contributed by atoms with Gasteiger partial charge in [-0.3, -0.25) is 14.6 Å². The topological polar surface area (TPSA) is 83.4 Å². The Morgan fingerprint density at radius 1 is 1.08 bits per heavy atom. The molecule has 6 nitrogen and oxygen atoms in total. The smallest absolute Gasteiger partial charge is 0.271 e. The lowest BCUT2D eigenvalue weighted by atomic mass is 10.1. The second-order valence-electron chi connectivity index (χ2n) is 6.43. The van der Waals surface area contributed by atoms with E-state index in [2.05, 4.69) is 20.8 Å². The zero-order valence-electron chi connectivity index (χ0n) is 14.7.